The maximum Gasteiger partial charge on any atom is 0.246 e. The van der Waals surface area contributed by atoms with E-state index >= 15 is 0 Å². The molecule has 0 bridgehead atoms. The molecule has 114 valence electrons. The van der Waals surface area contributed by atoms with Crippen LogP contribution in [0.2, 0.25) is 5.02 Å². The number of benzene rings is 1. The Hall–Kier alpha value is -1.32. The minimum atomic E-state index is -0.366. The molecule has 1 aromatic rings. The third-order valence-corrected chi connectivity index (χ3v) is 4.42. The first-order chi connectivity index (χ1) is 9.99. The number of allylic oxidation sites excluding steroid dienone is 1. The van der Waals surface area contributed by atoms with Crippen molar-refractivity contribution < 1.29 is 9.90 Å². The highest BCUT2D eigenvalue weighted by Gasteiger charge is 2.25. The number of carbonyl (C=O) groups is 1. The zero-order valence-electron chi connectivity index (χ0n) is 12.6. The predicted molar refractivity (Wildman–Crippen MR) is 86.1 cm³/mol. The summed E-state index contributed by atoms with van der Waals surface area (Å²) in [5.74, 6) is 0.175. The fourth-order valence-electron chi connectivity index (χ4n) is 2.74. The summed E-state index contributed by atoms with van der Waals surface area (Å²) in [6.07, 6.45) is 3.20. The number of nitrogens with zero attached hydrogens (tertiary/aromatic N) is 1. The number of aliphatic hydroxyl groups excluding tert-OH is 1. The first-order valence-electron chi connectivity index (χ1n) is 7.39. The Labute approximate surface area is 131 Å². The molecule has 1 heterocycles. The number of carbonyl (C=O) groups excluding carboxylic acids is 1. The molecule has 21 heavy (non-hydrogen) atoms. The van der Waals surface area contributed by atoms with E-state index in [2.05, 4.69) is 0 Å². The van der Waals surface area contributed by atoms with Gasteiger partial charge in [-0.15, -0.1) is 0 Å². The van der Waals surface area contributed by atoms with Crippen LogP contribution >= 0.6 is 11.6 Å². The third-order valence-electron chi connectivity index (χ3n) is 4.09. The Morgan fingerprint density at radius 3 is 2.86 bits per heavy atom. The monoisotopic (exact) mass is 307 g/mol. The Bertz CT molecular complexity index is 539. The van der Waals surface area contributed by atoms with Gasteiger partial charge in [0.25, 0.3) is 0 Å². The van der Waals surface area contributed by atoms with Crippen LogP contribution in [0, 0.1) is 5.92 Å². The van der Waals surface area contributed by atoms with Crippen molar-refractivity contribution in [3.63, 3.8) is 0 Å². The Morgan fingerprint density at radius 1 is 1.48 bits per heavy atom. The van der Waals surface area contributed by atoms with E-state index in [1.54, 1.807) is 13.0 Å². The van der Waals surface area contributed by atoms with Crippen molar-refractivity contribution in [2.75, 3.05) is 13.1 Å². The van der Waals surface area contributed by atoms with Crippen molar-refractivity contribution in [3.8, 4) is 0 Å². The van der Waals surface area contributed by atoms with Crippen LogP contribution in [0.5, 0.6) is 0 Å². The molecule has 1 saturated heterocycles. The first-order valence-corrected chi connectivity index (χ1v) is 7.77. The van der Waals surface area contributed by atoms with E-state index in [-0.39, 0.29) is 17.9 Å². The highest BCUT2D eigenvalue weighted by molar-refractivity contribution is 6.32. The topological polar surface area (TPSA) is 40.5 Å². The highest BCUT2D eigenvalue weighted by atomic mass is 35.5. The molecule has 2 unspecified atom stereocenters. The van der Waals surface area contributed by atoms with Crippen molar-refractivity contribution in [1.29, 1.82) is 0 Å². The number of hydrogen-bond donors (Lipinski definition) is 1. The molecule has 2 rings (SSSR count). The van der Waals surface area contributed by atoms with Crippen molar-refractivity contribution in [2.24, 2.45) is 5.92 Å². The van der Waals surface area contributed by atoms with Gasteiger partial charge in [-0.3, -0.25) is 4.79 Å². The second-order valence-corrected chi connectivity index (χ2v) is 6.14. The molecule has 4 heteroatoms. The van der Waals surface area contributed by atoms with Crippen molar-refractivity contribution in [3.05, 3.63) is 40.9 Å². The average Bonchev–Trinajstić information content (AvgIpc) is 2.47. The Morgan fingerprint density at radius 2 is 2.19 bits per heavy atom. The van der Waals surface area contributed by atoms with Crippen LogP contribution in [0.15, 0.2) is 30.3 Å². The van der Waals surface area contributed by atoms with E-state index in [1.807, 2.05) is 36.1 Å². The van der Waals surface area contributed by atoms with Crippen molar-refractivity contribution in [2.45, 2.75) is 32.8 Å². The van der Waals surface area contributed by atoms with E-state index in [4.69, 9.17) is 11.6 Å². The quantitative estimate of drug-likeness (QED) is 0.870. The number of hydrogen-bond acceptors (Lipinski definition) is 2. The molecule has 3 nitrogen and oxygen atoms in total. The molecule has 1 N–H and O–H groups in total. The molecular weight excluding hydrogens is 286 g/mol. The average molecular weight is 308 g/mol. The van der Waals surface area contributed by atoms with Crippen LogP contribution in [0.1, 0.15) is 32.3 Å². The second-order valence-electron chi connectivity index (χ2n) is 5.73. The number of aliphatic hydroxyl groups is 1. The maximum atomic E-state index is 12.4. The Kier molecular flexibility index (Phi) is 5.43. The predicted octanol–water partition coefficient (Wildman–Crippen LogP) is 3.36. The molecule has 1 aromatic carbocycles. The molecular formula is C17H22ClNO2. The van der Waals surface area contributed by atoms with Crippen LogP contribution in [-0.4, -0.2) is 35.1 Å². The number of halogens is 1. The molecule has 2 atom stereocenters. The lowest BCUT2D eigenvalue weighted by Gasteiger charge is -2.33. The van der Waals surface area contributed by atoms with Gasteiger partial charge in [-0.1, -0.05) is 29.8 Å². The molecule has 1 aliphatic heterocycles. The molecule has 0 aromatic heterocycles. The van der Waals surface area contributed by atoms with Gasteiger partial charge in [0, 0.05) is 30.1 Å². The second kappa shape index (κ2) is 7.10. The van der Waals surface area contributed by atoms with E-state index in [0.717, 1.165) is 30.5 Å². The Balaban J connectivity index is 2.10. The van der Waals surface area contributed by atoms with Crippen LogP contribution < -0.4 is 0 Å². The molecule has 1 fully saturated rings. The van der Waals surface area contributed by atoms with E-state index in [1.165, 1.54) is 0 Å². The van der Waals surface area contributed by atoms with Gasteiger partial charge in [0.2, 0.25) is 5.91 Å². The molecule has 0 radical (unpaired) electrons. The minimum absolute atomic E-state index is 0.00207. The van der Waals surface area contributed by atoms with Crippen LogP contribution in [0.25, 0.3) is 5.57 Å². The van der Waals surface area contributed by atoms with E-state index in [0.29, 0.717) is 11.6 Å². The maximum absolute atomic E-state index is 12.4. The summed E-state index contributed by atoms with van der Waals surface area (Å²) < 4.78 is 0. The lowest BCUT2D eigenvalue weighted by atomic mass is 9.93. The zero-order valence-corrected chi connectivity index (χ0v) is 13.3. The van der Waals surface area contributed by atoms with Crippen molar-refractivity contribution >= 4 is 23.1 Å². The lowest BCUT2D eigenvalue weighted by Crippen LogP contribution is -2.42. The van der Waals surface area contributed by atoms with Crippen LogP contribution in [0.4, 0.5) is 0 Å². The van der Waals surface area contributed by atoms with Gasteiger partial charge in [0.15, 0.2) is 0 Å². The van der Waals surface area contributed by atoms with Gasteiger partial charge in [0.05, 0.1) is 6.10 Å². The SMILES string of the molecule is C/C(=C/C(=O)N1CCCC(C(C)O)C1)c1ccccc1Cl. The van der Waals surface area contributed by atoms with E-state index < -0.39 is 0 Å². The minimum Gasteiger partial charge on any atom is -0.393 e. The summed E-state index contributed by atoms with van der Waals surface area (Å²) in [7, 11) is 0. The van der Waals surface area contributed by atoms with Gasteiger partial charge in [-0.05, 0) is 43.9 Å². The van der Waals surface area contributed by atoms with Gasteiger partial charge >= 0.3 is 0 Å². The molecule has 0 aliphatic carbocycles. The summed E-state index contributed by atoms with van der Waals surface area (Å²) in [4.78, 5) is 14.2. The normalized spacial score (nSPS) is 21.2. The zero-order chi connectivity index (χ0) is 15.4. The summed E-state index contributed by atoms with van der Waals surface area (Å²) in [5, 5.41) is 10.4. The first kappa shape index (κ1) is 16.1. The summed E-state index contributed by atoms with van der Waals surface area (Å²) in [6.45, 7) is 5.08. The standard InChI is InChI=1S/C17H22ClNO2/c1-12(15-7-3-4-8-16(15)18)10-17(21)19-9-5-6-14(11-19)13(2)20/h3-4,7-8,10,13-14,20H,5-6,9,11H2,1-2H3/b12-10-. The van der Waals surface area contributed by atoms with Crippen LogP contribution in [-0.2, 0) is 4.79 Å². The molecule has 0 saturated carbocycles. The van der Waals surface area contributed by atoms with Gasteiger partial charge in [0.1, 0.15) is 0 Å². The molecule has 0 spiro atoms. The molecule has 1 amide bonds. The third kappa shape index (κ3) is 4.08. The fraction of sp³-hybridized carbons (Fsp3) is 0.471. The van der Waals surface area contributed by atoms with Gasteiger partial charge < -0.3 is 10.0 Å². The highest BCUT2D eigenvalue weighted by Crippen LogP contribution is 2.24. The number of piperidine rings is 1. The lowest BCUT2D eigenvalue weighted by molar-refractivity contribution is -0.128. The van der Waals surface area contributed by atoms with Gasteiger partial charge in [-0.2, -0.15) is 0 Å². The fourth-order valence-corrected chi connectivity index (χ4v) is 3.02. The smallest absolute Gasteiger partial charge is 0.246 e. The summed E-state index contributed by atoms with van der Waals surface area (Å²) in [5.41, 5.74) is 1.75. The summed E-state index contributed by atoms with van der Waals surface area (Å²) in [6, 6.07) is 7.52. The number of likely N-dealkylation sites (tertiary alicyclic amines) is 1. The van der Waals surface area contributed by atoms with Crippen LogP contribution in [0.3, 0.4) is 0 Å². The molecule has 1 aliphatic rings. The number of rotatable bonds is 3. The number of amides is 1. The van der Waals surface area contributed by atoms with E-state index in [9.17, 15) is 9.90 Å². The largest absolute Gasteiger partial charge is 0.393 e. The van der Waals surface area contributed by atoms with Crippen molar-refractivity contribution in [1.82, 2.24) is 4.90 Å². The van der Waals surface area contributed by atoms with Gasteiger partial charge in [-0.25, -0.2) is 0 Å². The summed E-state index contributed by atoms with van der Waals surface area (Å²) >= 11 is 6.15.